The van der Waals surface area contributed by atoms with Gasteiger partial charge in [0.2, 0.25) is 0 Å². The zero-order valence-corrected chi connectivity index (χ0v) is 18.3. The van der Waals surface area contributed by atoms with E-state index in [9.17, 15) is 0 Å². The molecule has 3 nitrogen and oxygen atoms in total. The van der Waals surface area contributed by atoms with Crippen molar-refractivity contribution in [1.82, 2.24) is 0 Å². The number of hydrogen-bond donors (Lipinski definition) is 0. The molecule has 0 bridgehead atoms. The van der Waals surface area contributed by atoms with Crippen LogP contribution in [0.4, 0.5) is 0 Å². The van der Waals surface area contributed by atoms with Gasteiger partial charge in [-0.15, -0.1) is 0 Å². The lowest BCUT2D eigenvalue weighted by Crippen LogP contribution is -2.05. The van der Waals surface area contributed by atoms with E-state index in [-0.39, 0.29) is 0 Å². The maximum Gasteiger partial charge on any atom is 0.126 e. The van der Waals surface area contributed by atoms with Crippen LogP contribution in [0.2, 0.25) is 0 Å². The smallest absolute Gasteiger partial charge is 0.126 e. The van der Waals surface area contributed by atoms with Crippen LogP contribution in [0.25, 0.3) is 0 Å². The largest absolute Gasteiger partial charge is 0.489 e. The fourth-order valence-electron chi connectivity index (χ4n) is 3.36. The maximum absolute atomic E-state index is 6.10. The van der Waals surface area contributed by atoms with Crippen LogP contribution in [0, 0.1) is 27.7 Å². The Bertz CT molecular complexity index is 1020. The highest BCUT2D eigenvalue weighted by molar-refractivity contribution is 5.40. The molecule has 0 saturated heterocycles. The lowest BCUT2D eigenvalue weighted by molar-refractivity contribution is 0.286. The highest BCUT2D eigenvalue weighted by Crippen LogP contribution is 2.26. The summed E-state index contributed by atoms with van der Waals surface area (Å²) in [5.41, 5.74) is 6.77. The average molecular weight is 403 g/mol. The van der Waals surface area contributed by atoms with Gasteiger partial charge in [-0.1, -0.05) is 54.1 Å². The minimum atomic E-state index is 0.424. The molecule has 0 atom stereocenters. The van der Waals surface area contributed by atoms with Crippen molar-refractivity contribution in [3.8, 4) is 17.2 Å². The Morgan fingerprint density at radius 2 is 1.23 bits per heavy atom. The van der Waals surface area contributed by atoms with Crippen LogP contribution < -0.4 is 14.2 Å². The number of rotatable bonds is 9. The van der Waals surface area contributed by atoms with E-state index in [1.54, 1.807) is 6.08 Å². The van der Waals surface area contributed by atoms with E-state index in [1.807, 2.05) is 24.3 Å². The average Bonchev–Trinajstić information content (AvgIpc) is 2.71. The third-order valence-corrected chi connectivity index (χ3v) is 4.92. The molecule has 30 heavy (non-hydrogen) atoms. The third kappa shape index (κ3) is 5.66. The summed E-state index contributed by atoms with van der Waals surface area (Å²) in [6.07, 6.45) is 1.74. The first-order valence-electron chi connectivity index (χ1n) is 10.2. The zero-order valence-electron chi connectivity index (χ0n) is 18.3. The van der Waals surface area contributed by atoms with E-state index in [0.29, 0.717) is 19.8 Å². The molecular weight excluding hydrogens is 372 g/mol. The fraction of sp³-hybridized carbons (Fsp3) is 0.259. The Morgan fingerprint density at radius 3 is 1.80 bits per heavy atom. The summed E-state index contributed by atoms with van der Waals surface area (Å²) in [5.74, 6) is 2.59. The van der Waals surface area contributed by atoms with E-state index < -0.39 is 0 Å². The van der Waals surface area contributed by atoms with Crippen LogP contribution >= 0.6 is 0 Å². The Kier molecular flexibility index (Phi) is 7.18. The van der Waals surface area contributed by atoms with Crippen LogP contribution in [-0.4, -0.2) is 6.61 Å². The molecule has 0 unspecified atom stereocenters. The third-order valence-electron chi connectivity index (χ3n) is 4.92. The van der Waals surface area contributed by atoms with Crippen molar-refractivity contribution in [2.75, 3.05) is 6.61 Å². The first-order chi connectivity index (χ1) is 14.5. The molecular formula is C27H30O3. The van der Waals surface area contributed by atoms with Gasteiger partial charge in [-0.2, -0.15) is 0 Å². The molecule has 0 aliphatic carbocycles. The minimum absolute atomic E-state index is 0.424. The summed E-state index contributed by atoms with van der Waals surface area (Å²) in [5, 5.41) is 0. The van der Waals surface area contributed by atoms with Gasteiger partial charge in [0.1, 0.15) is 37.1 Å². The van der Waals surface area contributed by atoms with Gasteiger partial charge in [0.25, 0.3) is 0 Å². The minimum Gasteiger partial charge on any atom is -0.489 e. The first-order valence-corrected chi connectivity index (χ1v) is 10.2. The van der Waals surface area contributed by atoms with Crippen LogP contribution in [0.1, 0.15) is 33.4 Å². The Labute approximate surface area is 179 Å². The summed E-state index contributed by atoms with van der Waals surface area (Å²) in [4.78, 5) is 0. The molecule has 0 N–H and O–H groups in total. The molecule has 156 valence electrons. The Hall–Kier alpha value is -3.20. The van der Waals surface area contributed by atoms with Gasteiger partial charge < -0.3 is 14.2 Å². The molecule has 3 aromatic rings. The second-order valence-electron chi connectivity index (χ2n) is 7.66. The zero-order chi connectivity index (χ0) is 21.5. The van der Waals surface area contributed by atoms with Gasteiger partial charge in [0, 0.05) is 5.56 Å². The van der Waals surface area contributed by atoms with Gasteiger partial charge in [-0.05, 0) is 68.7 Å². The highest BCUT2D eigenvalue weighted by Gasteiger charge is 2.09. The molecule has 0 saturated carbocycles. The van der Waals surface area contributed by atoms with Gasteiger partial charge in [0.15, 0.2) is 0 Å². The summed E-state index contributed by atoms with van der Waals surface area (Å²) in [6, 6.07) is 18.5. The summed E-state index contributed by atoms with van der Waals surface area (Å²) < 4.78 is 18.0. The van der Waals surface area contributed by atoms with E-state index in [4.69, 9.17) is 14.2 Å². The molecule has 0 aliphatic rings. The number of hydrogen-bond acceptors (Lipinski definition) is 3. The second kappa shape index (κ2) is 10.0. The molecule has 3 rings (SSSR count). The van der Waals surface area contributed by atoms with Crippen molar-refractivity contribution in [3.63, 3.8) is 0 Å². The molecule has 3 heteroatoms. The van der Waals surface area contributed by atoms with Crippen LogP contribution in [0.15, 0.2) is 67.3 Å². The predicted octanol–water partition coefficient (Wildman–Crippen LogP) is 6.64. The predicted molar refractivity (Wildman–Crippen MR) is 123 cm³/mol. The van der Waals surface area contributed by atoms with Crippen molar-refractivity contribution in [2.45, 2.75) is 40.9 Å². The van der Waals surface area contributed by atoms with Crippen molar-refractivity contribution >= 4 is 0 Å². The standard InChI is InChI=1S/C27H30O3/c1-6-13-28-27-12-9-23(17-29-25-10-7-19(2)14-21(25)4)16-24(27)18-30-26-11-8-20(3)15-22(26)5/h6-12,14-16H,1,13,17-18H2,2-5H3. The lowest BCUT2D eigenvalue weighted by atomic mass is 10.1. The fourth-order valence-corrected chi connectivity index (χ4v) is 3.36. The summed E-state index contributed by atoms with van der Waals surface area (Å²) >= 11 is 0. The van der Waals surface area contributed by atoms with Gasteiger partial charge in [-0.3, -0.25) is 0 Å². The van der Waals surface area contributed by atoms with E-state index in [0.717, 1.165) is 39.5 Å². The van der Waals surface area contributed by atoms with Crippen LogP contribution in [0.5, 0.6) is 17.2 Å². The summed E-state index contributed by atoms with van der Waals surface area (Å²) in [6.45, 7) is 13.4. The lowest BCUT2D eigenvalue weighted by Gasteiger charge is -2.15. The topological polar surface area (TPSA) is 27.7 Å². The van der Waals surface area contributed by atoms with E-state index in [2.05, 4.69) is 64.6 Å². The molecule has 0 aliphatic heterocycles. The Morgan fingerprint density at radius 1 is 0.667 bits per heavy atom. The molecule has 0 amide bonds. The van der Waals surface area contributed by atoms with E-state index >= 15 is 0 Å². The van der Waals surface area contributed by atoms with Gasteiger partial charge >= 0.3 is 0 Å². The Balaban J connectivity index is 1.76. The molecule has 3 aromatic carbocycles. The molecule has 0 fully saturated rings. The molecule has 0 radical (unpaired) electrons. The highest BCUT2D eigenvalue weighted by atomic mass is 16.5. The van der Waals surface area contributed by atoms with Crippen LogP contribution in [-0.2, 0) is 13.2 Å². The number of aryl methyl sites for hydroxylation is 4. The second-order valence-corrected chi connectivity index (χ2v) is 7.66. The van der Waals surface area contributed by atoms with Crippen molar-refractivity contribution in [1.29, 1.82) is 0 Å². The van der Waals surface area contributed by atoms with Gasteiger partial charge in [0.05, 0.1) is 0 Å². The maximum atomic E-state index is 6.10. The van der Waals surface area contributed by atoms with Crippen molar-refractivity contribution < 1.29 is 14.2 Å². The molecule has 0 aromatic heterocycles. The monoisotopic (exact) mass is 402 g/mol. The quantitative estimate of drug-likeness (QED) is 0.375. The number of benzene rings is 3. The van der Waals surface area contributed by atoms with Crippen LogP contribution in [0.3, 0.4) is 0 Å². The first kappa shape index (κ1) is 21.5. The number of ether oxygens (including phenoxy) is 3. The van der Waals surface area contributed by atoms with Crippen molar-refractivity contribution in [2.24, 2.45) is 0 Å². The molecule has 0 heterocycles. The van der Waals surface area contributed by atoms with Gasteiger partial charge in [-0.25, -0.2) is 0 Å². The molecule has 0 spiro atoms. The SMILES string of the molecule is C=CCOc1ccc(COc2ccc(C)cc2C)cc1COc1ccc(C)cc1C. The van der Waals surface area contributed by atoms with E-state index in [1.165, 1.54) is 11.1 Å². The van der Waals surface area contributed by atoms with Crippen molar-refractivity contribution in [3.05, 3.63) is 101 Å². The summed E-state index contributed by atoms with van der Waals surface area (Å²) in [7, 11) is 0. The normalized spacial score (nSPS) is 10.5.